The summed E-state index contributed by atoms with van der Waals surface area (Å²) >= 11 is 0. The lowest BCUT2D eigenvalue weighted by Crippen LogP contribution is -2.18. The first-order valence-corrected chi connectivity index (χ1v) is 9.25. The van der Waals surface area contributed by atoms with E-state index in [1.807, 2.05) is 67.8 Å². The van der Waals surface area contributed by atoms with Gasteiger partial charge in [-0.3, -0.25) is 4.79 Å². The van der Waals surface area contributed by atoms with Gasteiger partial charge in [-0.25, -0.2) is 4.98 Å². The number of hydrogen-bond donors (Lipinski definition) is 2. The third-order valence-corrected chi connectivity index (χ3v) is 4.74. The smallest absolute Gasteiger partial charge is 0.230 e. The molecule has 0 aliphatic rings. The molecule has 1 amide bonds. The fraction of sp³-hybridized carbons (Fsp3) is 0.130. The molecule has 0 aliphatic carbocycles. The molecular weight excluding hydrogens is 348 g/mol. The minimum atomic E-state index is -0.0809. The van der Waals surface area contributed by atoms with Crippen molar-refractivity contribution in [2.24, 2.45) is 0 Å². The van der Waals surface area contributed by atoms with E-state index in [0.29, 0.717) is 12.2 Å². The molecule has 4 aromatic rings. The Morgan fingerprint density at radius 1 is 1.04 bits per heavy atom. The number of rotatable bonds is 6. The topological polar surface area (TPSA) is 61.0 Å². The number of para-hydroxylation sites is 1. The summed E-state index contributed by atoms with van der Waals surface area (Å²) in [5.74, 6) is 0.476. The van der Waals surface area contributed by atoms with Crippen LogP contribution in [0.3, 0.4) is 0 Å². The summed E-state index contributed by atoms with van der Waals surface area (Å²) in [6.07, 6.45) is 3.98. The molecule has 2 aromatic carbocycles. The van der Waals surface area contributed by atoms with Crippen molar-refractivity contribution in [3.8, 4) is 0 Å². The van der Waals surface area contributed by atoms with Gasteiger partial charge in [-0.05, 0) is 29.3 Å². The van der Waals surface area contributed by atoms with Crippen LogP contribution in [0.25, 0.3) is 10.9 Å². The number of pyridine rings is 1. The predicted molar refractivity (Wildman–Crippen MR) is 113 cm³/mol. The number of aromatic nitrogens is 2. The minimum Gasteiger partial charge on any atom is -0.369 e. The molecule has 0 atom stereocenters. The van der Waals surface area contributed by atoms with Crippen molar-refractivity contribution in [2.45, 2.75) is 13.0 Å². The average molecular weight is 370 g/mol. The van der Waals surface area contributed by atoms with E-state index < -0.39 is 0 Å². The first kappa shape index (κ1) is 17.8. The van der Waals surface area contributed by atoms with Gasteiger partial charge in [-0.15, -0.1) is 0 Å². The van der Waals surface area contributed by atoms with E-state index in [2.05, 4.69) is 32.3 Å². The molecule has 0 aliphatic heterocycles. The molecule has 0 fully saturated rings. The zero-order valence-corrected chi connectivity index (χ0v) is 15.7. The van der Waals surface area contributed by atoms with Crippen molar-refractivity contribution in [1.29, 1.82) is 0 Å². The summed E-state index contributed by atoms with van der Waals surface area (Å²) < 4.78 is 0. The van der Waals surface area contributed by atoms with Crippen molar-refractivity contribution in [3.05, 3.63) is 90.3 Å². The van der Waals surface area contributed by atoms with Crippen molar-refractivity contribution in [2.75, 3.05) is 17.3 Å². The van der Waals surface area contributed by atoms with Gasteiger partial charge >= 0.3 is 0 Å². The first-order chi connectivity index (χ1) is 13.7. The number of nitrogens with zero attached hydrogens (tertiary/aromatic N) is 2. The number of aromatic amines is 1. The van der Waals surface area contributed by atoms with Gasteiger partial charge < -0.3 is 15.2 Å². The number of carbonyl (C=O) groups is 1. The Hall–Kier alpha value is -3.60. The van der Waals surface area contributed by atoms with E-state index in [9.17, 15) is 4.79 Å². The summed E-state index contributed by atoms with van der Waals surface area (Å²) in [5, 5.41) is 3.95. The standard InChI is InChI=1S/C23H22N4O/c1-27(16-17-7-3-2-4-8-17)19-11-12-22(25-15-19)26-23(28)13-18-14-24-21-10-6-5-9-20(18)21/h2-12,14-15,24H,13,16H2,1H3,(H,25,26,28). The fourth-order valence-corrected chi connectivity index (χ4v) is 3.27. The number of amides is 1. The number of nitrogens with one attached hydrogen (secondary N) is 2. The highest BCUT2D eigenvalue weighted by atomic mass is 16.1. The highest BCUT2D eigenvalue weighted by molar-refractivity contribution is 5.95. The Labute approximate surface area is 164 Å². The fourth-order valence-electron chi connectivity index (χ4n) is 3.27. The number of fused-ring (bicyclic) bond motifs is 1. The molecule has 4 rings (SSSR count). The van der Waals surface area contributed by atoms with Gasteiger partial charge in [-0.2, -0.15) is 0 Å². The Kier molecular flexibility index (Phi) is 5.06. The zero-order chi connectivity index (χ0) is 19.3. The Balaban J connectivity index is 1.38. The van der Waals surface area contributed by atoms with E-state index >= 15 is 0 Å². The third-order valence-electron chi connectivity index (χ3n) is 4.74. The highest BCUT2D eigenvalue weighted by Crippen LogP contribution is 2.19. The third kappa shape index (κ3) is 4.04. The molecule has 0 radical (unpaired) electrons. The molecule has 5 nitrogen and oxygen atoms in total. The summed E-state index contributed by atoms with van der Waals surface area (Å²) in [5.41, 5.74) is 4.25. The molecule has 2 heterocycles. The van der Waals surface area contributed by atoms with Crippen LogP contribution in [0.1, 0.15) is 11.1 Å². The zero-order valence-electron chi connectivity index (χ0n) is 15.7. The number of benzene rings is 2. The second-order valence-electron chi connectivity index (χ2n) is 6.83. The lowest BCUT2D eigenvalue weighted by Gasteiger charge is -2.19. The molecule has 0 saturated heterocycles. The largest absolute Gasteiger partial charge is 0.369 e. The predicted octanol–water partition coefficient (Wildman–Crippen LogP) is 4.38. The lowest BCUT2D eigenvalue weighted by molar-refractivity contribution is -0.115. The molecule has 0 spiro atoms. The average Bonchev–Trinajstić information content (AvgIpc) is 3.12. The normalized spacial score (nSPS) is 10.8. The van der Waals surface area contributed by atoms with E-state index in [4.69, 9.17) is 0 Å². The maximum Gasteiger partial charge on any atom is 0.230 e. The van der Waals surface area contributed by atoms with Crippen LogP contribution in [0, 0.1) is 0 Å². The Morgan fingerprint density at radius 2 is 1.82 bits per heavy atom. The van der Waals surface area contributed by atoms with Gasteiger partial charge in [0.15, 0.2) is 0 Å². The van der Waals surface area contributed by atoms with Crippen molar-refractivity contribution in [3.63, 3.8) is 0 Å². The van der Waals surface area contributed by atoms with Gasteiger partial charge in [0, 0.05) is 30.7 Å². The first-order valence-electron chi connectivity index (χ1n) is 9.25. The second-order valence-corrected chi connectivity index (χ2v) is 6.83. The van der Waals surface area contributed by atoms with Crippen LogP contribution in [-0.4, -0.2) is 22.9 Å². The van der Waals surface area contributed by atoms with Crippen LogP contribution in [0.2, 0.25) is 0 Å². The molecule has 0 saturated carbocycles. The highest BCUT2D eigenvalue weighted by Gasteiger charge is 2.10. The summed E-state index contributed by atoms with van der Waals surface area (Å²) in [6, 6.07) is 22.1. The number of anilines is 2. The molecule has 28 heavy (non-hydrogen) atoms. The van der Waals surface area contributed by atoms with Gasteiger partial charge in [-0.1, -0.05) is 48.5 Å². The van der Waals surface area contributed by atoms with Crippen molar-refractivity contribution >= 4 is 28.3 Å². The molecule has 140 valence electrons. The maximum absolute atomic E-state index is 12.4. The minimum absolute atomic E-state index is 0.0809. The van der Waals surface area contributed by atoms with Crippen LogP contribution >= 0.6 is 0 Å². The molecular formula is C23H22N4O. The van der Waals surface area contributed by atoms with Crippen molar-refractivity contribution in [1.82, 2.24) is 9.97 Å². The monoisotopic (exact) mass is 370 g/mol. The number of carbonyl (C=O) groups excluding carboxylic acids is 1. The summed E-state index contributed by atoms with van der Waals surface area (Å²) in [4.78, 5) is 22.1. The number of H-pyrrole nitrogens is 1. The van der Waals surface area contributed by atoms with Gasteiger partial charge in [0.05, 0.1) is 18.3 Å². The van der Waals surface area contributed by atoms with E-state index in [0.717, 1.165) is 28.7 Å². The van der Waals surface area contributed by atoms with E-state index in [-0.39, 0.29) is 5.91 Å². The van der Waals surface area contributed by atoms with Crippen LogP contribution < -0.4 is 10.2 Å². The molecule has 2 N–H and O–H groups in total. The quantitative estimate of drug-likeness (QED) is 0.529. The SMILES string of the molecule is CN(Cc1ccccc1)c1ccc(NC(=O)Cc2c[nH]c3ccccc23)nc1. The van der Waals surface area contributed by atoms with Crippen LogP contribution in [0.4, 0.5) is 11.5 Å². The van der Waals surface area contributed by atoms with Crippen molar-refractivity contribution < 1.29 is 4.79 Å². The van der Waals surface area contributed by atoms with Gasteiger partial charge in [0.25, 0.3) is 0 Å². The lowest BCUT2D eigenvalue weighted by atomic mass is 10.1. The summed E-state index contributed by atoms with van der Waals surface area (Å²) in [6.45, 7) is 0.800. The second kappa shape index (κ2) is 7.96. The Bertz CT molecular complexity index is 1070. The maximum atomic E-state index is 12.4. The van der Waals surface area contributed by atoms with E-state index in [1.165, 1.54) is 5.56 Å². The molecule has 0 bridgehead atoms. The van der Waals surface area contributed by atoms with Crippen LogP contribution in [0.15, 0.2) is 79.1 Å². The summed E-state index contributed by atoms with van der Waals surface area (Å²) in [7, 11) is 2.03. The molecule has 5 heteroatoms. The van der Waals surface area contributed by atoms with Gasteiger partial charge in [0.2, 0.25) is 5.91 Å². The van der Waals surface area contributed by atoms with Crippen LogP contribution in [-0.2, 0) is 17.8 Å². The molecule has 0 unspecified atom stereocenters. The Morgan fingerprint density at radius 3 is 2.61 bits per heavy atom. The molecule has 2 aromatic heterocycles. The number of hydrogen-bond acceptors (Lipinski definition) is 3. The van der Waals surface area contributed by atoms with Crippen LogP contribution in [0.5, 0.6) is 0 Å². The van der Waals surface area contributed by atoms with Gasteiger partial charge in [0.1, 0.15) is 5.82 Å². The van der Waals surface area contributed by atoms with E-state index in [1.54, 1.807) is 6.20 Å².